The number of nitrogens with zero attached hydrogens (tertiary/aromatic N) is 2. The summed E-state index contributed by atoms with van der Waals surface area (Å²) >= 11 is 1.31. The molecule has 0 bridgehead atoms. The molecule has 26 heavy (non-hydrogen) atoms. The van der Waals surface area contributed by atoms with E-state index in [0.29, 0.717) is 40.9 Å². The van der Waals surface area contributed by atoms with Crippen molar-refractivity contribution in [2.45, 2.75) is 13.0 Å². The van der Waals surface area contributed by atoms with Crippen LogP contribution in [0.1, 0.15) is 26.9 Å². The lowest BCUT2D eigenvalue weighted by Crippen LogP contribution is -2.42. The summed E-state index contributed by atoms with van der Waals surface area (Å²) in [6, 6.07) is 8.52. The van der Waals surface area contributed by atoms with Gasteiger partial charge in [-0.25, -0.2) is 9.37 Å². The average molecular weight is 372 g/mol. The van der Waals surface area contributed by atoms with Crippen molar-refractivity contribution >= 4 is 17.2 Å². The SMILES string of the molecule is Cc1cc([C@H]2CN(C(=O)c3cnc(-c4ccco4)s3)CCO2)ccc1F. The zero-order valence-corrected chi connectivity index (χ0v) is 15.0. The smallest absolute Gasteiger partial charge is 0.265 e. The van der Waals surface area contributed by atoms with E-state index < -0.39 is 0 Å². The summed E-state index contributed by atoms with van der Waals surface area (Å²) in [4.78, 5) is 19.4. The molecule has 3 aromatic rings. The van der Waals surface area contributed by atoms with Crippen LogP contribution in [0.25, 0.3) is 10.8 Å². The highest BCUT2D eigenvalue weighted by molar-refractivity contribution is 7.16. The third-order valence-corrected chi connectivity index (χ3v) is 5.36. The van der Waals surface area contributed by atoms with Crippen molar-refractivity contribution in [3.63, 3.8) is 0 Å². The van der Waals surface area contributed by atoms with Crippen molar-refractivity contribution in [2.24, 2.45) is 0 Å². The van der Waals surface area contributed by atoms with Crippen LogP contribution in [0.15, 0.2) is 47.2 Å². The minimum absolute atomic E-state index is 0.0764. The molecule has 1 aliphatic rings. The highest BCUT2D eigenvalue weighted by Gasteiger charge is 2.27. The average Bonchev–Trinajstić information content (AvgIpc) is 3.35. The van der Waals surface area contributed by atoms with Crippen molar-refractivity contribution in [3.05, 3.63) is 64.6 Å². The van der Waals surface area contributed by atoms with Crippen LogP contribution in [0, 0.1) is 12.7 Å². The lowest BCUT2D eigenvalue weighted by Gasteiger charge is -2.33. The van der Waals surface area contributed by atoms with E-state index in [2.05, 4.69) is 4.98 Å². The standard InChI is InChI=1S/C19H17FN2O3S/c1-12-9-13(4-5-14(12)20)16-11-22(6-8-25-16)19(23)17-10-21-18(26-17)15-3-2-7-24-15/h2-5,7,9-10,16H,6,8,11H2,1H3/t16-/m1/s1. The molecule has 0 aliphatic carbocycles. The summed E-state index contributed by atoms with van der Waals surface area (Å²) in [5.74, 6) is 0.329. The van der Waals surface area contributed by atoms with Crippen LogP contribution in [0.2, 0.25) is 0 Å². The Hall–Kier alpha value is -2.51. The molecular weight excluding hydrogens is 355 g/mol. The molecule has 134 valence electrons. The van der Waals surface area contributed by atoms with Gasteiger partial charge in [-0.1, -0.05) is 12.1 Å². The molecule has 1 atom stereocenters. The molecule has 2 aromatic heterocycles. The third kappa shape index (κ3) is 3.27. The number of furan rings is 1. The van der Waals surface area contributed by atoms with Gasteiger partial charge in [-0.3, -0.25) is 4.79 Å². The lowest BCUT2D eigenvalue weighted by molar-refractivity contribution is -0.0227. The normalized spacial score (nSPS) is 17.5. The van der Waals surface area contributed by atoms with E-state index in [1.807, 2.05) is 6.07 Å². The van der Waals surface area contributed by atoms with Crippen LogP contribution in [0.4, 0.5) is 4.39 Å². The number of halogens is 1. The maximum Gasteiger partial charge on any atom is 0.265 e. The molecule has 0 radical (unpaired) electrons. The molecule has 1 aromatic carbocycles. The van der Waals surface area contributed by atoms with E-state index in [0.717, 1.165) is 5.56 Å². The Morgan fingerprint density at radius 2 is 2.27 bits per heavy atom. The zero-order valence-electron chi connectivity index (χ0n) is 14.1. The van der Waals surface area contributed by atoms with Crippen LogP contribution in [-0.2, 0) is 4.74 Å². The summed E-state index contributed by atoms with van der Waals surface area (Å²) < 4.78 is 24.6. The van der Waals surface area contributed by atoms with E-state index in [4.69, 9.17) is 9.15 Å². The number of amides is 1. The fraction of sp³-hybridized carbons (Fsp3) is 0.263. The van der Waals surface area contributed by atoms with E-state index in [1.54, 1.807) is 42.5 Å². The second kappa shape index (κ2) is 7.01. The lowest BCUT2D eigenvalue weighted by atomic mass is 10.0. The molecule has 5 nitrogen and oxygen atoms in total. The Balaban J connectivity index is 1.50. The Kier molecular flexibility index (Phi) is 4.57. The minimum atomic E-state index is -0.260. The summed E-state index contributed by atoms with van der Waals surface area (Å²) in [5.41, 5.74) is 1.45. The molecule has 4 rings (SSSR count). The monoisotopic (exact) mass is 372 g/mol. The highest BCUT2D eigenvalue weighted by Crippen LogP contribution is 2.29. The van der Waals surface area contributed by atoms with Crippen LogP contribution >= 0.6 is 11.3 Å². The fourth-order valence-electron chi connectivity index (χ4n) is 2.95. The number of hydrogen-bond donors (Lipinski definition) is 0. The van der Waals surface area contributed by atoms with Gasteiger partial charge in [0.15, 0.2) is 10.8 Å². The van der Waals surface area contributed by atoms with Crippen LogP contribution < -0.4 is 0 Å². The number of aromatic nitrogens is 1. The first-order valence-electron chi connectivity index (χ1n) is 8.28. The van der Waals surface area contributed by atoms with E-state index in [1.165, 1.54) is 17.4 Å². The summed E-state index contributed by atoms with van der Waals surface area (Å²) in [5, 5.41) is 0.678. The Morgan fingerprint density at radius 3 is 3.04 bits per heavy atom. The maximum atomic E-state index is 13.5. The van der Waals surface area contributed by atoms with E-state index in [9.17, 15) is 9.18 Å². The van der Waals surface area contributed by atoms with E-state index in [-0.39, 0.29) is 17.8 Å². The molecule has 1 amide bonds. The molecule has 7 heteroatoms. The minimum Gasteiger partial charge on any atom is -0.462 e. The van der Waals surface area contributed by atoms with Gasteiger partial charge in [-0.15, -0.1) is 11.3 Å². The molecule has 0 N–H and O–H groups in total. The van der Waals surface area contributed by atoms with Crippen molar-refractivity contribution < 1.29 is 18.3 Å². The van der Waals surface area contributed by atoms with Gasteiger partial charge in [0.2, 0.25) is 0 Å². The van der Waals surface area contributed by atoms with Gasteiger partial charge < -0.3 is 14.1 Å². The first-order valence-corrected chi connectivity index (χ1v) is 9.10. The highest BCUT2D eigenvalue weighted by atomic mass is 32.1. The van der Waals surface area contributed by atoms with Crippen LogP contribution in [0.5, 0.6) is 0 Å². The maximum absolute atomic E-state index is 13.5. The van der Waals surface area contributed by atoms with Gasteiger partial charge in [0.1, 0.15) is 16.8 Å². The number of morpholine rings is 1. The first-order chi connectivity index (χ1) is 12.6. The number of benzene rings is 1. The van der Waals surface area contributed by atoms with Crippen molar-refractivity contribution in [3.8, 4) is 10.8 Å². The number of carbonyl (C=O) groups excluding carboxylic acids is 1. The van der Waals surface area contributed by atoms with Gasteiger partial charge in [-0.2, -0.15) is 0 Å². The van der Waals surface area contributed by atoms with Gasteiger partial charge >= 0.3 is 0 Å². The molecule has 0 spiro atoms. The molecule has 3 heterocycles. The van der Waals surface area contributed by atoms with Gasteiger partial charge in [-0.05, 0) is 36.2 Å². The molecule has 1 saturated heterocycles. The quantitative estimate of drug-likeness (QED) is 0.696. The second-order valence-electron chi connectivity index (χ2n) is 6.13. The number of hydrogen-bond acceptors (Lipinski definition) is 5. The summed E-state index contributed by atoms with van der Waals surface area (Å²) in [7, 11) is 0. The van der Waals surface area contributed by atoms with Crippen LogP contribution in [-0.4, -0.2) is 35.5 Å². The topological polar surface area (TPSA) is 55.6 Å². The Bertz CT molecular complexity index is 923. The zero-order chi connectivity index (χ0) is 18.1. The molecular formula is C19H17FN2O3S. The van der Waals surface area contributed by atoms with Gasteiger partial charge in [0.25, 0.3) is 5.91 Å². The molecule has 0 unspecified atom stereocenters. The van der Waals surface area contributed by atoms with Crippen LogP contribution in [0.3, 0.4) is 0 Å². The summed E-state index contributed by atoms with van der Waals surface area (Å²) in [6.45, 7) is 3.11. The number of ether oxygens (including phenoxy) is 1. The second-order valence-corrected chi connectivity index (χ2v) is 7.16. The first kappa shape index (κ1) is 16.9. The van der Waals surface area contributed by atoms with Crippen molar-refractivity contribution in [2.75, 3.05) is 19.7 Å². The molecule has 0 saturated carbocycles. The van der Waals surface area contributed by atoms with E-state index >= 15 is 0 Å². The third-order valence-electron chi connectivity index (χ3n) is 4.36. The molecule has 1 fully saturated rings. The largest absolute Gasteiger partial charge is 0.462 e. The van der Waals surface area contributed by atoms with Gasteiger partial charge in [0, 0.05) is 6.54 Å². The predicted molar refractivity (Wildman–Crippen MR) is 95.5 cm³/mol. The van der Waals surface area contributed by atoms with Crippen molar-refractivity contribution in [1.82, 2.24) is 9.88 Å². The number of thiazole rings is 1. The van der Waals surface area contributed by atoms with Crippen molar-refractivity contribution in [1.29, 1.82) is 0 Å². The fourth-order valence-corrected chi connectivity index (χ4v) is 3.80. The number of rotatable bonds is 3. The van der Waals surface area contributed by atoms with Gasteiger partial charge in [0.05, 0.1) is 25.6 Å². The summed E-state index contributed by atoms with van der Waals surface area (Å²) in [6.07, 6.45) is 2.90. The Labute approximate surface area is 154 Å². The number of carbonyl (C=O) groups is 1. The number of aryl methyl sites for hydroxylation is 1. The Morgan fingerprint density at radius 1 is 1.38 bits per heavy atom. The predicted octanol–water partition coefficient (Wildman–Crippen LogP) is 4.06. The molecule has 1 aliphatic heterocycles.